The Labute approximate surface area is 136 Å². The van der Waals surface area contributed by atoms with Crippen molar-refractivity contribution in [2.45, 2.75) is 33.9 Å². The fourth-order valence-electron chi connectivity index (χ4n) is 2.78. The van der Waals surface area contributed by atoms with Crippen LogP contribution in [0.1, 0.15) is 27.8 Å². The van der Waals surface area contributed by atoms with Gasteiger partial charge in [0, 0.05) is 21.0 Å². The Bertz CT molecular complexity index is 562. The van der Waals surface area contributed by atoms with E-state index in [0.29, 0.717) is 13.1 Å². The molecule has 0 spiro atoms. The van der Waals surface area contributed by atoms with Crippen LogP contribution < -0.4 is 10.6 Å². The van der Waals surface area contributed by atoms with Gasteiger partial charge in [-0.05, 0) is 48.5 Å². The number of nitrogens with zero attached hydrogens (tertiary/aromatic N) is 6. The molecule has 23 heavy (non-hydrogen) atoms. The van der Waals surface area contributed by atoms with E-state index >= 15 is 0 Å². The van der Waals surface area contributed by atoms with Crippen molar-refractivity contribution in [3.05, 3.63) is 54.8 Å². The fraction of sp³-hybridized carbons (Fsp3) is 0.600. The predicted octanol–water partition coefficient (Wildman–Crippen LogP) is 1.36. The van der Waals surface area contributed by atoms with Crippen molar-refractivity contribution >= 4 is 0 Å². The molecular formula is C15H26N8+2. The summed E-state index contributed by atoms with van der Waals surface area (Å²) in [6, 6.07) is 2.24. The second-order valence-corrected chi connectivity index (χ2v) is 5.56. The molecular weight excluding hydrogens is 292 g/mol. The third-order valence-electron chi connectivity index (χ3n) is 3.98. The summed E-state index contributed by atoms with van der Waals surface area (Å²) in [5.41, 5.74) is 23.2. The molecule has 0 amide bonds. The van der Waals surface area contributed by atoms with Crippen LogP contribution in [0.25, 0.3) is 20.9 Å². The van der Waals surface area contributed by atoms with Crippen LogP contribution in [0.2, 0.25) is 0 Å². The van der Waals surface area contributed by atoms with Gasteiger partial charge in [-0.25, -0.2) is 0 Å². The van der Waals surface area contributed by atoms with E-state index in [0.717, 1.165) is 26.2 Å². The Morgan fingerprint density at radius 1 is 0.870 bits per heavy atom. The summed E-state index contributed by atoms with van der Waals surface area (Å²) in [6.07, 6.45) is 0. The number of quaternary nitrogens is 2. The van der Waals surface area contributed by atoms with Crippen molar-refractivity contribution in [1.82, 2.24) is 0 Å². The molecule has 0 saturated carbocycles. The monoisotopic (exact) mass is 318 g/mol. The number of nitrogens with two attached hydrogens (primary N) is 2. The van der Waals surface area contributed by atoms with Crippen molar-refractivity contribution in [1.29, 1.82) is 0 Å². The summed E-state index contributed by atoms with van der Waals surface area (Å²) in [4.78, 5) is 5.53. The maximum atomic E-state index is 8.29. The zero-order valence-corrected chi connectivity index (χ0v) is 14.2. The van der Waals surface area contributed by atoms with Crippen LogP contribution in [0.5, 0.6) is 0 Å². The van der Waals surface area contributed by atoms with Crippen molar-refractivity contribution < 1.29 is 10.6 Å². The molecule has 0 aromatic heterocycles. The molecule has 0 radical (unpaired) electrons. The number of benzene rings is 1. The van der Waals surface area contributed by atoms with Gasteiger partial charge < -0.3 is 10.6 Å². The van der Waals surface area contributed by atoms with Gasteiger partial charge in [0.2, 0.25) is 0 Å². The maximum Gasteiger partial charge on any atom is 0.102 e. The van der Waals surface area contributed by atoms with Crippen molar-refractivity contribution in [3.8, 4) is 0 Å². The number of aryl methyl sites for hydroxylation is 2. The SMILES string of the molecule is Cc1cc(C)c(C[NH2+]CCN=[N+]=[N-])c(C)c1C[NH2+]CCN=[N+]=[N-]. The van der Waals surface area contributed by atoms with Crippen LogP contribution in [0.15, 0.2) is 16.3 Å². The third-order valence-corrected chi connectivity index (χ3v) is 3.98. The normalized spacial score (nSPS) is 10.0. The molecule has 0 bridgehead atoms. The van der Waals surface area contributed by atoms with Gasteiger partial charge in [-0.1, -0.05) is 16.3 Å². The highest BCUT2D eigenvalue weighted by atomic mass is 15.1. The zero-order valence-electron chi connectivity index (χ0n) is 14.2. The van der Waals surface area contributed by atoms with Crippen molar-refractivity contribution in [3.63, 3.8) is 0 Å². The molecule has 1 aromatic rings. The van der Waals surface area contributed by atoms with Crippen molar-refractivity contribution in [2.75, 3.05) is 26.2 Å². The van der Waals surface area contributed by atoms with E-state index in [2.05, 4.69) is 57.5 Å². The molecule has 0 aliphatic rings. The number of rotatable bonds is 10. The van der Waals surface area contributed by atoms with Gasteiger partial charge in [0.05, 0.1) is 26.2 Å². The first-order valence-corrected chi connectivity index (χ1v) is 7.85. The first-order valence-electron chi connectivity index (χ1n) is 7.85. The smallest absolute Gasteiger partial charge is 0.102 e. The molecule has 0 aliphatic carbocycles. The van der Waals surface area contributed by atoms with Crippen LogP contribution >= 0.6 is 0 Å². The number of hydrogen-bond acceptors (Lipinski definition) is 2. The lowest BCUT2D eigenvalue weighted by atomic mass is 9.93. The van der Waals surface area contributed by atoms with Gasteiger partial charge in [0.1, 0.15) is 13.1 Å². The summed E-state index contributed by atoms with van der Waals surface area (Å²) >= 11 is 0. The lowest BCUT2D eigenvalue weighted by Crippen LogP contribution is -2.84. The fourth-order valence-corrected chi connectivity index (χ4v) is 2.78. The topological polar surface area (TPSA) is 131 Å². The molecule has 0 heterocycles. The highest BCUT2D eigenvalue weighted by Crippen LogP contribution is 2.21. The average Bonchev–Trinajstić information content (AvgIpc) is 2.52. The minimum Gasteiger partial charge on any atom is -0.342 e. The minimum atomic E-state index is 0.514. The van der Waals surface area contributed by atoms with E-state index in [1.54, 1.807) is 0 Å². The molecule has 0 saturated heterocycles. The molecule has 0 unspecified atom stereocenters. The third kappa shape index (κ3) is 6.18. The Morgan fingerprint density at radius 3 is 1.70 bits per heavy atom. The number of azide groups is 2. The lowest BCUT2D eigenvalue weighted by molar-refractivity contribution is -0.669. The highest BCUT2D eigenvalue weighted by Gasteiger charge is 2.13. The van der Waals surface area contributed by atoms with E-state index in [4.69, 9.17) is 11.1 Å². The molecule has 0 atom stereocenters. The predicted molar refractivity (Wildman–Crippen MR) is 89.7 cm³/mol. The molecule has 124 valence electrons. The quantitative estimate of drug-likeness (QED) is 0.279. The summed E-state index contributed by atoms with van der Waals surface area (Å²) in [5, 5.41) is 11.5. The van der Waals surface area contributed by atoms with Gasteiger partial charge in [-0.3, -0.25) is 0 Å². The molecule has 0 fully saturated rings. The zero-order chi connectivity index (χ0) is 17.1. The van der Waals surface area contributed by atoms with E-state index < -0.39 is 0 Å². The Balaban J connectivity index is 2.72. The summed E-state index contributed by atoms with van der Waals surface area (Å²) in [5.74, 6) is 0. The summed E-state index contributed by atoms with van der Waals surface area (Å²) < 4.78 is 0. The maximum absolute atomic E-state index is 8.29. The average molecular weight is 318 g/mol. The Morgan fingerprint density at radius 2 is 1.30 bits per heavy atom. The van der Waals surface area contributed by atoms with Crippen LogP contribution in [-0.2, 0) is 13.1 Å². The van der Waals surface area contributed by atoms with Gasteiger partial charge in [0.25, 0.3) is 0 Å². The highest BCUT2D eigenvalue weighted by molar-refractivity contribution is 5.43. The van der Waals surface area contributed by atoms with E-state index in [9.17, 15) is 0 Å². The second-order valence-electron chi connectivity index (χ2n) is 5.56. The first-order chi connectivity index (χ1) is 11.1. The van der Waals surface area contributed by atoms with Gasteiger partial charge in [-0.15, -0.1) is 0 Å². The van der Waals surface area contributed by atoms with Crippen molar-refractivity contribution in [2.24, 2.45) is 10.2 Å². The molecule has 8 heteroatoms. The van der Waals surface area contributed by atoms with E-state index in [1.165, 1.54) is 27.8 Å². The first kappa shape index (κ1) is 18.8. The van der Waals surface area contributed by atoms with Crippen LogP contribution in [0.3, 0.4) is 0 Å². The van der Waals surface area contributed by atoms with Crippen LogP contribution in [0, 0.1) is 20.8 Å². The lowest BCUT2D eigenvalue weighted by Gasteiger charge is -2.16. The second kappa shape index (κ2) is 10.5. The molecule has 8 nitrogen and oxygen atoms in total. The minimum absolute atomic E-state index is 0.514. The van der Waals surface area contributed by atoms with E-state index in [1.807, 2.05) is 0 Å². The summed E-state index contributed by atoms with van der Waals surface area (Å²) in [6.45, 7) is 10.9. The van der Waals surface area contributed by atoms with Crippen LogP contribution in [0.4, 0.5) is 0 Å². The Kier molecular flexibility index (Phi) is 8.57. The largest absolute Gasteiger partial charge is 0.342 e. The van der Waals surface area contributed by atoms with Gasteiger partial charge in [0.15, 0.2) is 0 Å². The molecule has 1 rings (SSSR count). The standard InChI is InChI=1S/C15H24N8/c1-11-8-12(2)15(10-19-5-7-21-23-17)13(3)14(11)9-18-4-6-20-22-16/h8,18-19H,4-7,9-10H2,1-3H3/p+2. The molecule has 1 aromatic carbocycles. The van der Waals surface area contributed by atoms with E-state index in [-0.39, 0.29) is 0 Å². The van der Waals surface area contributed by atoms with Crippen LogP contribution in [-0.4, -0.2) is 26.2 Å². The van der Waals surface area contributed by atoms with Gasteiger partial charge in [-0.2, -0.15) is 0 Å². The molecule has 0 aliphatic heterocycles. The van der Waals surface area contributed by atoms with Gasteiger partial charge >= 0.3 is 0 Å². The molecule has 4 N–H and O–H groups in total. The Hall–Kier alpha value is -2.24. The number of hydrogen-bond donors (Lipinski definition) is 2. The summed E-state index contributed by atoms with van der Waals surface area (Å²) in [7, 11) is 0.